The normalized spacial score (nSPS) is 10.1. The zero-order valence-corrected chi connectivity index (χ0v) is 13.0. The zero-order chi connectivity index (χ0) is 14.3. The van der Waals surface area contributed by atoms with Crippen molar-refractivity contribution in [2.24, 2.45) is 0 Å². The van der Waals surface area contributed by atoms with E-state index in [1.54, 1.807) is 0 Å². The van der Waals surface area contributed by atoms with E-state index in [-0.39, 0.29) is 0 Å². The molecule has 0 spiro atoms. The molecule has 0 aliphatic rings. The molecule has 4 heteroatoms. The fourth-order valence-electron chi connectivity index (χ4n) is 1.29. The molecule has 4 nitrogen and oxygen atoms in total. The first kappa shape index (κ1) is 18.1. The van der Waals surface area contributed by atoms with Crippen LogP contribution < -0.4 is 0 Å². The van der Waals surface area contributed by atoms with Crippen LogP contribution in [-0.2, 0) is 18.9 Å². The van der Waals surface area contributed by atoms with Crippen LogP contribution in [0, 0.1) is 0 Å². The molecule has 0 N–H and O–H groups in total. The molecule has 0 bridgehead atoms. The van der Waals surface area contributed by atoms with Crippen LogP contribution in [0.15, 0.2) is 11.7 Å². The van der Waals surface area contributed by atoms with Crippen molar-refractivity contribution in [2.45, 2.75) is 53.4 Å². The SMILES string of the molecule is CCCOCC(OCCC)=C(OCCC)OCCC. The van der Waals surface area contributed by atoms with Gasteiger partial charge in [-0.15, -0.1) is 0 Å². The van der Waals surface area contributed by atoms with Crippen molar-refractivity contribution >= 4 is 0 Å². The molecule has 0 saturated heterocycles. The first-order chi connectivity index (χ1) is 9.29. The maximum absolute atomic E-state index is 5.70. The molecule has 0 radical (unpaired) electrons. The molecule has 0 aromatic carbocycles. The van der Waals surface area contributed by atoms with Gasteiger partial charge in [0.2, 0.25) is 5.76 Å². The topological polar surface area (TPSA) is 36.9 Å². The van der Waals surface area contributed by atoms with Gasteiger partial charge in [0.15, 0.2) is 0 Å². The number of hydrogen-bond donors (Lipinski definition) is 0. The van der Waals surface area contributed by atoms with Gasteiger partial charge in [0.1, 0.15) is 6.61 Å². The van der Waals surface area contributed by atoms with Crippen molar-refractivity contribution in [1.29, 1.82) is 0 Å². The molecule has 0 aliphatic carbocycles. The van der Waals surface area contributed by atoms with Gasteiger partial charge in [-0.2, -0.15) is 0 Å². The Bertz CT molecular complexity index is 216. The highest BCUT2D eigenvalue weighted by Crippen LogP contribution is 2.12. The summed E-state index contributed by atoms with van der Waals surface area (Å²) in [6, 6.07) is 0. The van der Waals surface area contributed by atoms with Crippen molar-refractivity contribution in [3.05, 3.63) is 11.7 Å². The lowest BCUT2D eigenvalue weighted by atomic mass is 10.4. The minimum Gasteiger partial charge on any atom is -0.489 e. The summed E-state index contributed by atoms with van der Waals surface area (Å²) in [5.74, 6) is 1.17. The number of hydrogen-bond acceptors (Lipinski definition) is 4. The summed E-state index contributed by atoms with van der Waals surface area (Å²) in [4.78, 5) is 0. The van der Waals surface area contributed by atoms with E-state index in [9.17, 15) is 0 Å². The van der Waals surface area contributed by atoms with Crippen LogP contribution in [0.25, 0.3) is 0 Å². The third-order valence-corrected chi connectivity index (χ3v) is 2.16. The molecular formula is C15H30O4. The van der Waals surface area contributed by atoms with Crippen molar-refractivity contribution in [1.82, 2.24) is 0 Å². The van der Waals surface area contributed by atoms with Crippen molar-refractivity contribution in [2.75, 3.05) is 33.0 Å². The highest BCUT2D eigenvalue weighted by Gasteiger charge is 2.12. The minimum absolute atomic E-state index is 0.413. The van der Waals surface area contributed by atoms with E-state index >= 15 is 0 Å². The molecule has 0 aromatic rings. The molecule has 0 heterocycles. The van der Waals surface area contributed by atoms with Gasteiger partial charge < -0.3 is 18.9 Å². The molecule has 0 aliphatic heterocycles. The van der Waals surface area contributed by atoms with Crippen LogP contribution in [0.3, 0.4) is 0 Å². The van der Waals surface area contributed by atoms with Gasteiger partial charge in [-0.1, -0.05) is 27.7 Å². The Morgan fingerprint density at radius 1 is 0.632 bits per heavy atom. The van der Waals surface area contributed by atoms with E-state index < -0.39 is 0 Å². The van der Waals surface area contributed by atoms with Gasteiger partial charge in [0.25, 0.3) is 0 Å². The molecule has 0 amide bonds. The van der Waals surface area contributed by atoms with Gasteiger partial charge in [-0.3, -0.25) is 0 Å². The molecule has 0 saturated carbocycles. The highest BCUT2D eigenvalue weighted by molar-refractivity contribution is 4.96. The summed E-state index contributed by atoms with van der Waals surface area (Å²) in [6.45, 7) is 11.3. The molecular weight excluding hydrogens is 244 g/mol. The molecule has 0 unspecified atom stereocenters. The zero-order valence-electron chi connectivity index (χ0n) is 13.0. The Labute approximate surface area is 118 Å². The summed E-state index contributed by atoms with van der Waals surface area (Å²) in [5, 5.41) is 0. The Morgan fingerprint density at radius 3 is 1.58 bits per heavy atom. The standard InChI is InChI=1S/C15H30O4/c1-5-9-16-13-14(17-10-6-2)15(18-11-7-3)19-12-8-4/h5-13H2,1-4H3. The summed E-state index contributed by atoms with van der Waals surface area (Å²) in [6.07, 6.45) is 3.82. The first-order valence-electron chi connectivity index (χ1n) is 7.49. The summed E-state index contributed by atoms with van der Waals surface area (Å²) in [7, 11) is 0. The van der Waals surface area contributed by atoms with E-state index in [0.29, 0.717) is 44.7 Å². The Hall–Kier alpha value is -0.900. The van der Waals surface area contributed by atoms with Gasteiger partial charge in [0, 0.05) is 6.61 Å². The summed E-state index contributed by atoms with van der Waals surface area (Å²) >= 11 is 0. The predicted octanol–water partition coefficient (Wildman–Crippen LogP) is 3.86. The average Bonchev–Trinajstić information content (AvgIpc) is 2.43. The van der Waals surface area contributed by atoms with Crippen molar-refractivity contribution in [3.8, 4) is 0 Å². The largest absolute Gasteiger partial charge is 0.489 e. The Morgan fingerprint density at radius 2 is 1.11 bits per heavy atom. The predicted molar refractivity (Wildman–Crippen MR) is 76.9 cm³/mol. The van der Waals surface area contributed by atoms with Gasteiger partial charge in [-0.05, 0) is 25.7 Å². The number of ether oxygens (including phenoxy) is 4. The summed E-state index contributed by atoms with van der Waals surface area (Å²) in [5.41, 5.74) is 0. The van der Waals surface area contributed by atoms with E-state index in [1.165, 1.54) is 0 Å². The quantitative estimate of drug-likeness (QED) is 0.377. The lowest BCUT2D eigenvalue weighted by molar-refractivity contribution is -0.00159. The molecule has 19 heavy (non-hydrogen) atoms. The van der Waals surface area contributed by atoms with Crippen LogP contribution in [0.2, 0.25) is 0 Å². The average molecular weight is 274 g/mol. The van der Waals surface area contributed by atoms with E-state index in [4.69, 9.17) is 18.9 Å². The van der Waals surface area contributed by atoms with Gasteiger partial charge in [0.05, 0.1) is 19.8 Å². The smallest absolute Gasteiger partial charge is 0.321 e. The molecule has 114 valence electrons. The van der Waals surface area contributed by atoms with E-state index in [0.717, 1.165) is 25.7 Å². The van der Waals surface area contributed by atoms with Crippen LogP contribution in [0.5, 0.6) is 0 Å². The lowest BCUT2D eigenvalue weighted by Gasteiger charge is -2.17. The second-order valence-corrected chi connectivity index (χ2v) is 4.31. The fraction of sp³-hybridized carbons (Fsp3) is 0.867. The Kier molecular flexibility index (Phi) is 12.9. The monoisotopic (exact) mass is 274 g/mol. The maximum atomic E-state index is 5.70. The fourth-order valence-corrected chi connectivity index (χ4v) is 1.29. The molecule has 0 fully saturated rings. The summed E-state index contributed by atoms with van der Waals surface area (Å²) < 4.78 is 22.5. The van der Waals surface area contributed by atoms with Crippen LogP contribution in [0.1, 0.15) is 53.4 Å². The highest BCUT2D eigenvalue weighted by atomic mass is 16.7. The van der Waals surface area contributed by atoms with Crippen LogP contribution in [-0.4, -0.2) is 33.0 Å². The molecule has 0 rings (SSSR count). The van der Waals surface area contributed by atoms with E-state index in [2.05, 4.69) is 27.7 Å². The maximum Gasteiger partial charge on any atom is 0.321 e. The van der Waals surface area contributed by atoms with Crippen molar-refractivity contribution < 1.29 is 18.9 Å². The second-order valence-electron chi connectivity index (χ2n) is 4.31. The molecule has 0 aromatic heterocycles. The number of rotatable bonds is 13. The molecule has 0 atom stereocenters. The van der Waals surface area contributed by atoms with E-state index in [1.807, 2.05) is 0 Å². The van der Waals surface area contributed by atoms with Crippen LogP contribution >= 0.6 is 0 Å². The minimum atomic E-state index is 0.413. The lowest BCUT2D eigenvalue weighted by Crippen LogP contribution is -2.12. The third-order valence-electron chi connectivity index (χ3n) is 2.16. The van der Waals surface area contributed by atoms with Crippen LogP contribution in [0.4, 0.5) is 0 Å². The third kappa shape index (κ3) is 9.65. The van der Waals surface area contributed by atoms with Crippen molar-refractivity contribution in [3.63, 3.8) is 0 Å². The Balaban J connectivity index is 4.60. The first-order valence-corrected chi connectivity index (χ1v) is 7.49. The van der Waals surface area contributed by atoms with Gasteiger partial charge >= 0.3 is 5.95 Å². The van der Waals surface area contributed by atoms with Gasteiger partial charge in [-0.25, -0.2) is 0 Å². The second kappa shape index (κ2) is 13.5.